The number of nitrogens with two attached hydrogens (primary N) is 1. The average Bonchev–Trinajstić information content (AvgIpc) is 3.61. The summed E-state index contributed by atoms with van der Waals surface area (Å²) in [4.78, 5) is 48.8. The Morgan fingerprint density at radius 3 is 1.92 bits per heavy atom. The quantitative estimate of drug-likeness (QED) is 0.118. The van der Waals surface area contributed by atoms with Crippen molar-refractivity contribution < 1.29 is 33.3 Å². The normalized spacial score (nSPS) is 19.2. The summed E-state index contributed by atoms with van der Waals surface area (Å²) in [5.74, 6) is -2.18. The van der Waals surface area contributed by atoms with E-state index in [-0.39, 0.29) is 43.7 Å². The molecule has 5 atom stereocenters. The number of aromatic nitrogens is 3. The summed E-state index contributed by atoms with van der Waals surface area (Å²) < 4.78 is 26.2. The van der Waals surface area contributed by atoms with Crippen molar-refractivity contribution in [1.29, 1.82) is 5.26 Å². The number of anilines is 1. The van der Waals surface area contributed by atoms with Crippen LogP contribution < -0.4 is 5.73 Å². The lowest BCUT2D eigenvalue weighted by molar-refractivity contribution is -0.0795. The summed E-state index contributed by atoms with van der Waals surface area (Å²) in [7, 11) is 0. The number of nitriles is 1. The largest absolute Gasteiger partial charge is 0.452 e. The SMILES string of the molecule is C=C[C@@H](OC(=O)c1ccccc1)[C@H]1O[C@@H](n2c(Br)c(C#N)c3c(N)ncnc32)[C@H](OC(=O)c2ccccc2)[C@@H]1OC(=O)c1ccccc1. The van der Waals surface area contributed by atoms with E-state index in [4.69, 9.17) is 24.7 Å². The van der Waals surface area contributed by atoms with Crippen LogP contribution in [0.4, 0.5) is 5.82 Å². The summed E-state index contributed by atoms with van der Waals surface area (Å²) in [6.07, 6.45) is -4.02. The van der Waals surface area contributed by atoms with E-state index < -0.39 is 48.6 Å². The van der Waals surface area contributed by atoms with Crippen molar-refractivity contribution in [2.45, 2.75) is 30.6 Å². The fourth-order valence-electron chi connectivity index (χ4n) is 5.41. The van der Waals surface area contributed by atoms with Gasteiger partial charge in [-0.1, -0.05) is 61.2 Å². The van der Waals surface area contributed by atoms with Crippen LogP contribution in [0.1, 0.15) is 42.9 Å². The van der Waals surface area contributed by atoms with Gasteiger partial charge in [0.15, 0.2) is 24.5 Å². The molecule has 2 aromatic heterocycles. The Morgan fingerprint density at radius 2 is 1.40 bits per heavy atom. The zero-order valence-electron chi connectivity index (χ0n) is 25.0. The molecule has 48 heavy (non-hydrogen) atoms. The number of benzene rings is 3. The summed E-state index contributed by atoms with van der Waals surface area (Å²) in [6, 6.07) is 26.8. The first-order chi connectivity index (χ1) is 23.3. The first-order valence-corrected chi connectivity index (χ1v) is 15.4. The van der Waals surface area contributed by atoms with Gasteiger partial charge >= 0.3 is 17.9 Å². The van der Waals surface area contributed by atoms with Crippen molar-refractivity contribution in [2.75, 3.05) is 5.73 Å². The molecular formula is C35H26BrN5O7. The molecule has 1 aliphatic heterocycles. The van der Waals surface area contributed by atoms with E-state index >= 15 is 0 Å². The van der Waals surface area contributed by atoms with Crippen LogP contribution in [-0.2, 0) is 18.9 Å². The number of nitrogens with zero attached hydrogens (tertiary/aromatic N) is 4. The minimum Gasteiger partial charge on any atom is -0.452 e. The highest BCUT2D eigenvalue weighted by Gasteiger charge is 2.55. The molecule has 6 rings (SSSR count). The molecule has 1 saturated heterocycles. The number of carbonyl (C=O) groups is 3. The molecule has 240 valence electrons. The van der Waals surface area contributed by atoms with Gasteiger partial charge in [0.05, 0.1) is 27.6 Å². The van der Waals surface area contributed by atoms with Crippen molar-refractivity contribution in [3.63, 3.8) is 0 Å². The number of esters is 3. The maximum atomic E-state index is 13.6. The van der Waals surface area contributed by atoms with E-state index in [1.165, 1.54) is 17.0 Å². The maximum absolute atomic E-state index is 13.6. The summed E-state index contributed by atoms with van der Waals surface area (Å²) in [5, 5.41) is 10.3. The van der Waals surface area contributed by atoms with E-state index in [0.29, 0.717) is 0 Å². The molecule has 2 N–H and O–H groups in total. The van der Waals surface area contributed by atoms with Gasteiger partial charge in [-0.3, -0.25) is 4.57 Å². The predicted octanol–water partition coefficient (Wildman–Crippen LogP) is 5.41. The molecule has 0 radical (unpaired) electrons. The van der Waals surface area contributed by atoms with Gasteiger partial charge in [0.1, 0.15) is 34.6 Å². The van der Waals surface area contributed by atoms with Gasteiger partial charge in [-0.25, -0.2) is 24.4 Å². The molecule has 0 spiro atoms. The number of ether oxygens (including phenoxy) is 4. The maximum Gasteiger partial charge on any atom is 0.338 e. The van der Waals surface area contributed by atoms with Crippen LogP contribution in [0.25, 0.3) is 11.0 Å². The zero-order valence-corrected chi connectivity index (χ0v) is 26.6. The average molecular weight is 709 g/mol. The molecule has 3 heterocycles. The smallest absolute Gasteiger partial charge is 0.338 e. The Hall–Kier alpha value is -5.84. The number of rotatable bonds is 9. The van der Waals surface area contributed by atoms with Crippen LogP contribution in [0.5, 0.6) is 0 Å². The first kappa shape index (κ1) is 32.1. The topological polar surface area (TPSA) is 169 Å². The van der Waals surface area contributed by atoms with Crippen LogP contribution in [0.2, 0.25) is 0 Å². The molecule has 1 fully saturated rings. The van der Waals surface area contributed by atoms with Gasteiger partial charge < -0.3 is 24.7 Å². The molecule has 0 saturated carbocycles. The Bertz CT molecular complexity index is 2030. The minimum atomic E-state index is -1.39. The minimum absolute atomic E-state index is 0.0243. The fourth-order valence-corrected chi connectivity index (χ4v) is 6.06. The van der Waals surface area contributed by atoms with Crippen LogP contribution in [-0.4, -0.2) is 56.9 Å². The van der Waals surface area contributed by atoms with E-state index in [0.717, 1.165) is 0 Å². The summed E-state index contributed by atoms with van der Waals surface area (Å²) >= 11 is 3.47. The second kappa shape index (κ2) is 13.9. The number of fused-ring (bicyclic) bond motifs is 1. The lowest BCUT2D eigenvalue weighted by atomic mass is 10.0. The highest BCUT2D eigenvalue weighted by Crippen LogP contribution is 2.43. The lowest BCUT2D eigenvalue weighted by Gasteiger charge is -2.27. The molecule has 5 aromatic rings. The van der Waals surface area contributed by atoms with E-state index in [1.807, 2.05) is 0 Å². The third-order valence-corrected chi connectivity index (χ3v) is 8.44. The number of hydrogen-bond donors (Lipinski definition) is 1. The Morgan fingerprint density at radius 1 is 0.875 bits per heavy atom. The third-order valence-electron chi connectivity index (χ3n) is 7.66. The number of halogens is 1. The van der Waals surface area contributed by atoms with Crippen molar-refractivity contribution in [2.24, 2.45) is 0 Å². The van der Waals surface area contributed by atoms with Crippen molar-refractivity contribution in [3.8, 4) is 6.07 Å². The number of hydrogen-bond acceptors (Lipinski definition) is 11. The molecule has 13 heteroatoms. The highest BCUT2D eigenvalue weighted by atomic mass is 79.9. The lowest BCUT2D eigenvalue weighted by Crippen LogP contribution is -2.44. The van der Waals surface area contributed by atoms with Crippen molar-refractivity contribution in [3.05, 3.63) is 137 Å². The van der Waals surface area contributed by atoms with Crippen LogP contribution in [0.15, 0.2) is 115 Å². The monoisotopic (exact) mass is 707 g/mol. The zero-order chi connectivity index (χ0) is 33.8. The Kier molecular flexibility index (Phi) is 9.29. The van der Waals surface area contributed by atoms with E-state index in [9.17, 15) is 19.6 Å². The van der Waals surface area contributed by atoms with Crippen LogP contribution >= 0.6 is 15.9 Å². The second-order valence-electron chi connectivity index (χ2n) is 10.5. The molecule has 0 amide bonds. The first-order valence-electron chi connectivity index (χ1n) is 14.6. The molecule has 0 bridgehead atoms. The fraction of sp³-hybridized carbons (Fsp3) is 0.143. The van der Waals surface area contributed by atoms with Crippen LogP contribution in [0, 0.1) is 11.3 Å². The van der Waals surface area contributed by atoms with Gasteiger partial charge in [-0.15, -0.1) is 0 Å². The van der Waals surface area contributed by atoms with Gasteiger partial charge in [-0.2, -0.15) is 5.26 Å². The number of carbonyl (C=O) groups excluding carboxylic acids is 3. The summed E-state index contributed by atoms with van der Waals surface area (Å²) in [6.45, 7) is 3.85. The molecule has 12 nitrogen and oxygen atoms in total. The van der Waals surface area contributed by atoms with E-state index in [2.05, 4.69) is 38.5 Å². The van der Waals surface area contributed by atoms with Crippen molar-refractivity contribution in [1.82, 2.24) is 14.5 Å². The Labute approximate surface area is 282 Å². The molecule has 0 aliphatic carbocycles. The highest BCUT2D eigenvalue weighted by molar-refractivity contribution is 9.10. The molecular weight excluding hydrogens is 682 g/mol. The van der Waals surface area contributed by atoms with Gasteiger partial charge in [-0.05, 0) is 58.4 Å². The number of nitrogen functional groups attached to an aromatic ring is 1. The Balaban J connectivity index is 1.49. The molecule has 0 unspecified atom stereocenters. The van der Waals surface area contributed by atoms with Gasteiger partial charge in [0.2, 0.25) is 0 Å². The molecule has 3 aromatic carbocycles. The third kappa shape index (κ3) is 6.14. The van der Waals surface area contributed by atoms with E-state index in [1.54, 1.807) is 91.0 Å². The van der Waals surface area contributed by atoms with Gasteiger partial charge in [0, 0.05) is 0 Å². The van der Waals surface area contributed by atoms with Crippen molar-refractivity contribution >= 4 is 50.7 Å². The predicted molar refractivity (Wildman–Crippen MR) is 175 cm³/mol. The van der Waals surface area contributed by atoms with Crippen LogP contribution in [0.3, 0.4) is 0 Å². The summed E-state index contributed by atoms with van der Waals surface area (Å²) in [5.41, 5.74) is 7.11. The standard InChI is InChI=1S/C35H26BrN5O7/c1-2-24(45-33(42)20-12-6-3-7-13-20)26-27(47-34(43)21-14-8-4-9-15-21)28(48-35(44)22-16-10-5-11-17-22)32(46-26)41-29(36)23(18-37)25-30(38)39-19-40-31(25)41/h2-17,19,24,26-28,32H,1H2,(H2,38,39,40)/t24-,26-,27-,28-,32-/m1/s1. The van der Waals surface area contributed by atoms with Gasteiger partial charge in [0.25, 0.3) is 0 Å². The molecule has 1 aliphatic rings. The second-order valence-corrected chi connectivity index (χ2v) is 11.3.